The van der Waals surface area contributed by atoms with Crippen LogP contribution in [0.3, 0.4) is 0 Å². The van der Waals surface area contributed by atoms with E-state index in [4.69, 9.17) is 16.3 Å². The predicted molar refractivity (Wildman–Crippen MR) is 100 cm³/mol. The molecule has 0 aliphatic rings. The highest BCUT2D eigenvalue weighted by atomic mass is 35.5. The van der Waals surface area contributed by atoms with Crippen LogP contribution in [0.15, 0.2) is 18.3 Å². The number of nitrogens with one attached hydrogen (secondary N) is 1. The van der Waals surface area contributed by atoms with E-state index in [0.29, 0.717) is 15.7 Å². The number of rotatable bonds is 4. The third-order valence-corrected chi connectivity index (χ3v) is 5.00. The molecule has 2 aromatic rings. The summed E-state index contributed by atoms with van der Waals surface area (Å²) >= 11 is 7.12. The number of aromatic nitrogens is 1. The fraction of sp³-hybridized carbons (Fsp3) is 0.389. The van der Waals surface area contributed by atoms with Gasteiger partial charge in [-0.25, -0.2) is 9.78 Å². The third kappa shape index (κ3) is 4.80. The zero-order chi connectivity index (χ0) is 18.8. The summed E-state index contributed by atoms with van der Waals surface area (Å²) in [5.41, 5.74) is 1.40. The van der Waals surface area contributed by atoms with E-state index in [1.165, 1.54) is 11.3 Å². The summed E-state index contributed by atoms with van der Waals surface area (Å²) < 4.78 is 5.39. The maximum absolute atomic E-state index is 12.6. The van der Waals surface area contributed by atoms with Crippen LogP contribution in [-0.4, -0.2) is 16.9 Å². The summed E-state index contributed by atoms with van der Waals surface area (Å²) in [5.74, 6) is -0.620. The number of carbonyl (C=O) groups excluding carboxylic acids is 2. The van der Waals surface area contributed by atoms with E-state index < -0.39 is 11.4 Å². The number of hydrogen-bond acceptors (Lipinski definition) is 5. The Morgan fingerprint density at radius 2 is 1.96 bits per heavy atom. The molecule has 0 saturated heterocycles. The summed E-state index contributed by atoms with van der Waals surface area (Å²) in [6.07, 6.45) is 1.56. The highest BCUT2D eigenvalue weighted by Gasteiger charge is 2.27. The molecule has 5 nitrogen and oxygen atoms in total. The zero-order valence-electron chi connectivity index (χ0n) is 14.9. The van der Waals surface area contributed by atoms with Crippen molar-refractivity contribution in [3.63, 3.8) is 0 Å². The van der Waals surface area contributed by atoms with Crippen LogP contribution < -0.4 is 5.32 Å². The highest BCUT2D eigenvalue weighted by Crippen LogP contribution is 2.34. The van der Waals surface area contributed by atoms with E-state index in [-0.39, 0.29) is 12.5 Å². The van der Waals surface area contributed by atoms with E-state index >= 15 is 0 Å². The average molecular weight is 381 g/mol. The van der Waals surface area contributed by atoms with Gasteiger partial charge in [0, 0.05) is 22.1 Å². The number of thiophene rings is 1. The van der Waals surface area contributed by atoms with Gasteiger partial charge in [0.05, 0.1) is 5.56 Å². The van der Waals surface area contributed by atoms with Gasteiger partial charge in [-0.1, -0.05) is 38.4 Å². The van der Waals surface area contributed by atoms with Crippen molar-refractivity contribution in [3.8, 4) is 0 Å². The van der Waals surface area contributed by atoms with Gasteiger partial charge in [0.1, 0.15) is 16.8 Å². The number of ether oxygens (including phenoxy) is 1. The molecule has 0 spiro atoms. The molecule has 0 atom stereocenters. The van der Waals surface area contributed by atoms with Gasteiger partial charge >= 0.3 is 5.97 Å². The lowest BCUT2D eigenvalue weighted by atomic mass is 9.96. The number of nitrogens with zero attached hydrogens (tertiary/aromatic N) is 1. The Kier molecular flexibility index (Phi) is 5.85. The van der Waals surface area contributed by atoms with E-state index in [9.17, 15) is 9.59 Å². The van der Waals surface area contributed by atoms with Crippen molar-refractivity contribution >= 4 is 39.8 Å². The summed E-state index contributed by atoms with van der Waals surface area (Å²) in [5, 5.41) is 3.75. The number of halogens is 1. The monoisotopic (exact) mass is 380 g/mol. The molecule has 7 heteroatoms. The molecule has 2 heterocycles. The van der Waals surface area contributed by atoms with Crippen LogP contribution in [0.25, 0.3) is 0 Å². The minimum atomic E-state index is -0.554. The topological polar surface area (TPSA) is 68.3 Å². The number of anilines is 1. The van der Waals surface area contributed by atoms with Crippen molar-refractivity contribution in [2.24, 2.45) is 5.41 Å². The quantitative estimate of drug-likeness (QED) is 0.613. The minimum absolute atomic E-state index is 0.0873. The molecule has 0 aliphatic carbocycles. The van der Waals surface area contributed by atoms with Crippen molar-refractivity contribution in [2.75, 3.05) is 5.32 Å². The van der Waals surface area contributed by atoms with Crippen LogP contribution in [0.1, 0.15) is 47.1 Å². The van der Waals surface area contributed by atoms with Crippen LogP contribution in [0.2, 0.25) is 5.15 Å². The van der Waals surface area contributed by atoms with Gasteiger partial charge in [0.2, 0.25) is 5.91 Å². The van der Waals surface area contributed by atoms with Gasteiger partial charge in [-0.15, -0.1) is 11.3 Å². The third-order valence-electron chi connectivity index (χ3n) is 3.66. The van der Waals surface area contributed by atoms with E-state index in [0.717, 1.165) is 16.0 Å². The molecule has 1 amide bonds. The molecule has 0 unspecified atom stereocenters. The summed E-state index contributed by atoms with van der Waals surface area (Å²) in [7, 11) is 0. The number of pyridine rings is 1. The van der Waals surface area contributed by atoms with Crippen molar-refractivity contribution in [3.05, 3.63) is 45.1 Å². The lowest BCUT2D eigenvalue weighted by Gasteiger charge is -2.17. The molecule has 25 heavy (non-hydrogen) atoms. The Labute approximate surface area is 156 Å². The molecular weight excluding hydrogens is 360 g/mol. The Balaban J connectivity index is 2.18. The van der Waals surface area contributed by atoms with Gasteiger partial charge in [0.25, 0.3) is 0 Å². The highest BCUT2D eigenvalue weighted by molar-refractivity contribution is 7.16. The second-order valence-corrected chi connectivity index (χ2v) is 8.37. The SMILES string of the molecule is Cc1sc(NC(=O)C(C)(C)C)c(C(=O)OCc2ccc(Cl)nc2)c1C. The van der Waals surface area contributed by atoms with Gasteiger partial charge in [-0.2, -0.15) is 0 Å². The molecule has 1 N–H and O–H groups in total. The largest absolute Gasteiger partial charge is 0.457 e. The lowest BCUT2D eigenvalue weighted by molar-refractivity contribution is -0.123. The van der Waals surface area contributed by atoms with E-state index in [2.05, 4.69) is 10.3 Å². The summed E-state index contributed by atoms with van der Waals surface area (Å²) in [6.45, 7) is 9.30. The summed E-state index contributed by atoms with van der Waals surface area (Å²) in [4.78, 5) is 29.7. The Morgan fingerprint density at radius 1 is 1.28 bits per heavy atom. The molecule has 0 fully saturated rings. The van der Waals surface area contributed by atoms with Crippen LogP contribution >= 0.6 is 22.9 Å². The Morgan fingerprint density at radius 3 is 2.52 bits per heavy atom. The number of esters is 1. The van der Waals surface area contributed by atoms with Crippen LogP contribution in [0.4, 0.5) is 5.00 Å². The number of amides is 1. The van der Waals surface area contributed by atoms with Crippen LogP contribution in [0, 0.1) is 19.3 Å². The summed E-state index contributed by atoms with van der Waals surface area (Å²) in [6, 6.07) is 3.39. The number of aryl methyl sites for hydroxylation is 1. The zero-order valence-corrected chi connectivity index (χ0v) is 16.5. The van der Waals surface area contributed by atoms with Crippen LogP contribution in [-0.2, 0) is 16.1 Å². The first-order chi connectivity index (χ1) is 11.6. The van der Waals surface area contributed by atoms with Crippen molar-refractivity contribution < 1.29 is 14.3 Å². The van der Waals surface area contributed by atoms with Crippen molar-refractivity contribution in [2.45, 2.75) is 41.2 Å². The van der Waals surface area contributed by atoms with Gasteiger partial charge in [-0.05, 0) is 25.5 Å². The molecule has 0 radical (unpaired) electrons. The molecular formula is C18H21ClN2O3S. The van der Waals surface area contributed by atoms with Crippen molar-refractivity contribution in [1.82, 2.24) is 4.98 Å². The number of carbonyl (C=O) groups is 2. The standard InChI is InChI=1S/C18H21ClN2O3S/c1-10-11(2)25-15(21-17(23)18(3,4)5)14(10)16(22)24-9-12-6-7-13(19)20-8-12/h6-8H,9H2,1-5H3,(H,21,23). The van der Waals surface area contributed by atoms with Gasteiger partial charge in [-0.3, -0.25) is 4.79 Å². The second kappa shape index (κ2) is 7.54. The van der Waals surface area contributed by atoms with Crippen molar-refractivity contribution in [1.29, 1.82) is 0 Å². The van der Waals surface area contributed by atoms with Gasteiger partial charge in [0.15, 0.2) is 0 Å². The van der Waals surface area contributed by atoms with Gasteiger partial charge < -0.3 is 10.1 Å². The maximum Gasteiger partial charge on any atom is 0.341 e. The first kappa shape index (κ1) is 19.4. The lowest BCUT2D eigenvalue weighted by Crippen LogP contribution is -2.28. The smallest absolute Gasteiger partial charge is 0.341 e. The molecule has 0 aromatic carbocycles. The normalized spacial score (nSPS) is 11.3. The first-order valence-corrected chi connectivity index (χ1v) is 8.98. The average Bonchev–Trinajstić information content (AvgIpc) is 2.80. The van der Waals surface area contributed by atoms with E-state index in [1.54, 1.807) is 18.3 Å². The molecule has 2 aromatic heterocycles. The fourth-order valence-corrected chi connectivity index (χ4v) is 3.12. The second-order valence-electron chi connectivity index (χ2n) is 6.76. The first-order valence-electron chi connectivity index (χ1n) is 7.78. The van der Waals surface area contributed by atoms with E-state index in [1.807, 2.05) is 34.6 Å². The maximum atomic E-state index is 12.6. The van der Waals surface area contributed by atoms with Crippen LogP contribution in [0.5, 0.6) is 0 Å². The molecule has 134 valence electrons. The number of hydrogen-bond donors (Lipinski definition) is 1. The Bertz CT molecular complexity index is 792. The predicted octanol–water partition coefficient (Wildman–Crippen LogP) is 4.75. The Hall–Kier alpha value is -1.92. The molecule has 0 aliphatic heterocycles. The fourth-order valence-electron chi connectivity index (χ4n) is 1.96. The minimum Gasteiger partial charge on any atom is -0.457 e. The molecule has 0 saturated carbocycles. The molecule has 2 rings (SSSR count). The molecule has 0 bridgehead atoms.